The summed E-state index contributed by atoms with van der Waals surface area (Å²) in [6.45, 7) is 1.97. The monoisotopic (exact) mass is 287 g/mol. The normalized spacial score (nSPS) is 21.8. The van der Waals surface area contributed by atoms with Crippen LogP contribution in [0.25, 0.3) is 0 Å². The zero-order valence-corrected chi connectivity index (χ0v) is 11.0. The maximum Gasteiger partial charge on any atom is 0.418 e. The second kappa shape index (κ2) is 5.09. The van der Waals surface area contributed by atoms with Gasteiger partial charge in [-0.3, -0.25) is 4.79 Å². The molecular formula is C14H16F3NO2. The first-order valence-corrected chi connectivity index (χ1v) is 6.55. The first kappa shape index (κ1) is 14.8. The smallest absolute Gasteiger partial charge is 0.375 e. The maximum absolute atomic E-state index is 12.9. The summed E-state index contributed by atoms with van der Waals surface area (Å²) in [5.41, 5.74) is -3.07. The molecule has 0 spiro atoms. The predicted octanol–water partition coefficient (Wildman–Crippen LogP) is 3.43. The fourth-order valence-corrected chi connectivity index (χ4v) is 2.49. The van der Waals surface area contributed by atoms with Crippen LogP contribution in [0, 0.1) is 0 Å². The molecule has 1 heterocycles. The standard InChI is InChI=1S/C14H16F3NO2/c1-2-3-4-8-13(20)9-6-5-7-10(14(15,16)17)11(9)18-12(13)19/h5-7,20H,2-4,8H2,1H3,(H,18,19). The van der Waals surface area contributed by atoms with Gasteiger partial charge in [-0.2, -0.15) is 13.2 Å². The quantitative estimate of drug-likeness (QED) is 0.834. The molecule has 20 heavy (non-hydrogen) atoms. The Bertz CT molecular complexity index is 528. The van der Waals surface area contributed by atoms with Gasteiger partial charge >= 0.3 is 6.18 Å². The number of fused-ring (bicyclic) bond motifs is 1. The number of hydrogen-bond donors (Lipinski definition) is 2. The predicted molar refractivity (Wildman–Crippen MR) is 68.1 cm³/mol. The van der Waals surface area contributed by atoms with Crippen LogP contribution in [0.15, 0.2) is 18.2 Å². The number of unbranched alkanes of at least 4 members (excludes halogenated alkanes) is 2. The molecule has 1 amide bonds. The van der Waals surface area contributed by atoms with Crippen LogP contribution in [-0.2, 0) is 16.6 Å². The van der Waals surface area contributed by atoms with Crippen LogP contribution in [0.4, 0.5) is 18.9 Å². The van der Waals surface area contributed by atoms with Gasteiger partial charge in [-0.25, -0.2) is 0 Å². The number of halogens is 3. The SMILES string of the molecule is CCCCCC1(O)C(=O)Nc2c(C(F)(F)F)cccc21. The Morgan fingerprint density at radius 1 is 1.30 bits per heavy atom. The van der Waals surface area contributed by atoms with E-state index in [0.717, 1.165) is 18.9 Å². The number of alkyl halides is 3. The number of para-hydroxylation sites is 1. The van der Waals surface area contributed by atoms with Crippen LogP contribution in [0.1, 0.15) is 43.7 Å². The van der Waals surface area contributed by atoms with E-state index in [2.05, 4.69) is 5.32 Å². The number of nitrogens with one attached hydrogen (secondary N) is 1. The van der Waals surface area contributed by atoms with Gasteiger partial charge in [-0.05, 0) is 18.9 Å². The van der Waals surface area contributed by atoms with Gasteiger partial charge in [0.2, 0.25) is 0 Å². The van der Waals surface area contributed by atoms with Gasteiger partial charge < -0.3 is 10.4 Å². The number of hydrogen-bond acceptors (Lipinski definition) is 2. The van der Waals surface area contributed by atoms with Crippen molar-refractivity contribution in [3.63, 3.8) is 0 Å². The Morgan fingerprint density at radius 3 is 2.60 bits per heavy atom. The molecule has 1 aromatic carbocycles. The van der Waals surface area contributed by atoms with Crippen molar-refractivity contribution < 1.29 is 23.1 Å². The number of carbonyl (C=O) groups is 1. The number of benzene rings is 1. The van der Waals surface area contributed by atoms with Crippen molar-refractivity contribution >= 4 is 11.6 Å². The van der Waals surface area contributed by atoms with E-state index >= 15 is 0 Å². The summed E-state index contributed by atoms with van der Waals surface area (Å²) in [6, 6.07) is 3.48. The minimum atomic E-state index is -4.56. The highest BCUT2D eigenvalue weighted by molar-refractivity contribution is 6.05. The van der Waals surface area contributed by atoms with E-state index < -0.39 is 23.2 Å². The Morgan fingerprint density at radius 2 is 2.00 bits per heavy atom. The molecule has 6 heteroatoms. The Hall–Kier alpha value is -1.56. The molecule has 0 bridgehead atoms. The van der Waals surface area contributed by atoms with Crippen LogP contribution < -0.4 is 5.32 Å². The van der Waals surface area contributed by atoms with Gasteiger partial charge in [0.15, 0.2) is 5.60 Å². The van der Waals surface area contributed by atoms with Gasteiger partial charge in [-0.15, -0.1) is 0 Å². The number of rotatable bonds is 4. The average Bonchev–Trinajstić information content (AvgIpc) is 2.61. The molecule has 0 saturated heterocycles. The summed E-state index contributed by atoms with van der Waals surface area (Å²) in [6.07, 6.45) is -2.15. The van der Waals surface area contributed by atoms with Gasteiger partial charge in [0.1, 0.15) is 0 Å². The Balaban J connectivity index is 2.41. The molecule has 110 valence electrons. The van der Waals surface area contributed by atoms with Crippen molar-refractivity contribution in [1.29, 1.82) is 0 Å². The first-order chi connectivity index (χ1) is 9.30. The van der Waals surface area contributed by atoms with Crippen molar-refractivity contribution in [2.45, 2.75) is 44.4 Å². The zero-order valence-electron chi connectivity index (χ0n) is 11.0. The van der Waals surface area contributed by atoms with Gasteiger partial charge in [0.05, 0.1) is 11.3 Å². The fraction of sp³-hybridized carbons (Fsp3) is 0.500. The van der Waals surface area contributed by atoms with Crippen molar-refractivity contribution in [3.8, 4) is 0 Å². The van der Waals surface area contributed by atoms with Crippen molar-refractivity contribution in [2.24, 2.45) is 0 Å². The van der Waals surface area contributed by atoms with E-state index in [1.807, 2.05) is 6.92 Å². The van der Waals surface area contributed by atoms with E-state index in [1.165, 1.54) is 12.1 Å². The van der Waals surface area contributed by atoms with E-state index in [4.69, 9.17) is 0 Å². The molecule has 2 N–H and O–H groups in total. The van der Waals surface area contributed by atoms with E-state index in [1.54, 1.807) is 0 Å². The molecule has 0 aromatic heterocycles. The molecule has 0 saturated carbocycles. The third kappa shape index (κ3) is 2.40. The fourth-order valence-electron chi connectivity index (χ4n) is 2.49. The molecule has 0 aliphatic carbocycles. The largest absolute Gasteiger partial charge is 0.418 e. The Labute approximate surface area is 114 Å². The number of carbonyl (C=O) groups excluding carboxylic acids is 1. The lowest BCUT2D eigenvalue weighted by atomic mass is 9.88. The summed E-state index contributed by atoms with van der Waals surface area (Å²) in [5.74, 6) is -0.777. The number of anilines is 1. The summed E-state index contributed by atoms with van der Waals surface area (Å²) < 4.78 is 38.7. The second-order valence-electron chi connectivity index (χ2n) is 5.00. The van der Waals surface area contributed by atoms with E-state index in [-0.39, 0.29) is 17.7 Å². The van der Waals surface area contributed by atoms with Gasteiger partial charge in [-0.1, -0.05) is 31.9 Å². The summed E-state index contributed by atoms with van der Waals surface area (Å²) in [7, 11) is 0. The average molecular weight is 287 g/mol. The highest BCUT2D eigenvalue weighted by Gasteiger charge is 2.48. The van der Waals surface area contributed by atoms with Crippen molar-refractivity contribution in [2.75, 3.05) is 5.32 Å². The maximum atomic E-state index is 12.9. The highest BCUT2D eigenvalue weighted by Crippen LogP contribution is 2.45. The molecule has 1 unspecified atom stereocenters. The van der Waals surface area contributed by atoms with Crippen LogP contribution in [-0.4, -0.2) is 11.0 Å². The minimum absolute atomic E-state index is 0.0217. The summed E-state index contributed by atoms with van der Waals surface area (Å²) >= 11 is 0. The van der Waals surface area contributed by atoms with Crippen LogP contribution in [0.2, 0.25) is 0 Å². The molecular weight excluding hydrogens is 271 g/mol. The number of amides is 1. The first-order valence-electron chi connectivity index (χ1n) is 6.55. The Kier molecular flexibility index (Phi) is 3.77. The zero-order chi connectivity index (χ0) is 15.0. The molecule has 3 nitrogen and oxygen atoms in total. The van der Waals surface area contributed by atoms with Gasteiger partial charge in [0, 0.05) is 5.56 Å². The third-order valence-electron chi connectivity index (χ3n) is 3.57. The number of aliphatic hydroxyl groups is 1. The lowest BCUT2D eigenvalue weighted by Gasteiger charge is -2.21. The van der Waals surface area contributed by atoms with Crippen molar-refractivity contribution in [3.05, 3.63) is 29.3 Å². The van der Waals surface area contributed by atoms with E-state index in [0.29, 0.717) is 6.42 Å². The minimum Gasteiger partial charge on any atom is -0.375 e. The summed E-state index contributed by atoms with van der Waals surface area (Å²) in [4.78, 5) is 11.9. The molecule has 1 aromatic rings. The van der Waals surface area contributed by atoms with Gasteiger partial charge in [0.25, 0.3) is 5.91 Å². The highest BCUT2D eigenvalue weighted by atomic mass is 19.4. The third-order valence-corrected chi connectivity index (χ3v) is 3.57. The van der Waals surface area contributed by atoms with Crippen LogP contribution in [0.5, 0.6) is 0 Å². The van der Waals surface area contributed by atoms with Crippen LogP contribution in [0.3, 0.4) is 0 Å². The molecule has 0 fully saturated rings. The molecule has 2 rings (SSSR count). The lowest BCUT2D eigenvalue weighted by Crippen LogP contribution is -2.34. The second-order valence-corrected chi connectivity index (χ2v) is 5.00. The summed E-state index contributed by atoms with van der Waals surface area (Å²) in [5, 5.41) is 12.6. The topological polar surface area (TPSA) is 49.3 Å². The molecule has 1 atom stereocenters. The molecule has 0 radical (unpaired) electrons. The molecule has 1 aliphatic rings. The lowest BCUT2D eigenvalue weighted by molar-refractivity contribution is -0.137. The molecule has 1 aliphatic heterocycles. The van der Waals surface area contributed by atoms with E-state index in [9.17, 15) is 23.1 Å². The van der Waals surface area contributed by atoms with Crippen molar-refractivity contribution in [1.82, 2.24) is 0 Å². The van der Waals surface area contributed by atoms with Crippen LogP contribution >= 0.6 is 0 Å².